The number of rotatable bonds is 6. The van der Waals surface area contributed by atoms with Gasteiger partial charge in [0.2, 0.25) is 5.89 Å². The largest absolute Gasteiger partial charge is 0.452 e. The van der Waals surface area contributed by atoms with Crippen molar-refractivity contribution in [2.24, 2.45) is 0 Å². The molecular weight excluding hydrogens is 396 g/mol. The summed E-state index contributed by atoms with van der Waals surface area (Å²) in [6.45, 7) is 1.22. The molecule has 0 saturated heterocycles. The predicted octanol–water partition coefficient (Wildman–Crippen LogP) is 4.69. The smallest absolute Gasteiger partial charge is 0.338 e. The summed E-state index contributed by atoms with van der Waals surface area (Å²) in [7, 11) is 0. The lowest BCUT2D eigenvalue weighted by atomic mass is 10.0. The van der Waals surface area contributed by atoms with Gasteiger partial charge in [-0.05, 0) is 47.5 Å². The minimum atomic E-state index is -0.502. The monoisotopic (exact) mass is 414 g/mol. The Balaban J connectivity index is 1.41. The van der Waals surface area contributed by atoms with Crippen LogP contribution in [-0.2, 0) is 16.1 Å². The van der Waals surface area contributed by atoms with Gasteiger partial charge in [0.1, 0.15) is 5.75 Å². The van der Waals surface area contributed by atoms with Crippen molar-refractivity contribution in [1.29, 1.82) is 0 Å². The van der Waals surface area contributed by atoms with Crippen molar-refractivity contribution in [3.63, 3.8) is 0 Å². The highest BCUT2D eigenvalue weighted by Crippen LogP contribution is 2.24. The maximum absolute atomic E-state index is 12.5. The van der Waals surface area contributed by atoms with E-state index in [1.807, 2.05) is 48.5 Å². The molecule has 0 radical (unpaired) electrons. The van der Waals surface area contributed by atoms with Gasteiger partial charge in [0.15, 0.2) is 6.61 Å². The lowest BCUT2D eigenvalue weighted by Crippen LogP contribution is -2.05. The van der Waals surface area contributed by atoms with Crippen LogP contribution in [0.25, 0.3) is 22.6 Å². The molecule has 0 atom stereocenters. The first kappa shape index (κ1) is 20.0. The van der Waals surface area contributed by atoms with E-state index in [0.717, 1.165) is 16.7 Å². The molecule has 0 saturated carbocycles. The van der Waals surface area contributed by atoms with Crippen LogP contribution in [0.5, 0.6) is 5.75 Å². The summed E-state index contributed by atoms with van der Waals surface area (Å²) in [6.07, 6.45) is 0. The number of aromatic nitrogens is 2. The SMILES string of the molecule is CC(=O)Oc1ccc(-c2cccc(C(=O)OCc3nnc(-c4ccccc4)o3)c2)cc1. The summed E-state index contributed by atoms with van der Waals surface area (Å²) in [5.41, 5.74) is 2.88. The number of hydrogen-bond donors (Lipinski definition) is 0. The van der Waals surface area contributed by atoms with Gasteiger partial charge in [0.25, 0.3) is 5.89 Å². The molecule has 4 aromatic rings. The van der Waals surface area contributed by atoms with Crippen molar-refractivity contribution < 1.29 is 23.5 Å². The number of carbonyl (C=O) groups excluding carboxylic acids is 2. The van der Waals surface area contributed by atoms with Gasteiger partial charge in [-0.15, -0.1) is 10.2 Å². The molecule has 154 valence electrons. The summed E-state index contributed by atoms with van der Waals surface area (Å²) in [6, 6.07) is 23.4. The minimum absolute atomic E-state index is 0.125. The van der Waals surface area contributed by atoms with Gasteiger partial charge in [-0.3, -0.25) is 4.79 Å². The van der Waals surface area contributed by atoms with E-state index < -0.39 is 5.97 Å². The molecule has 0 fully saturated rings. The van der Waals surface area contributed by atoms with Crippen molar-refractivity contribution in [2.75, 3.05) is 0 Å². The highest BCUT2D eigenvalue weighted by molar-refractivity contribution is 5.91. The first-order valence-electron chi connectivity index (χ1n) is 9.52. The Labute approximate surface area is 178 Å². The van der Waals surface area contributed by atoms with Crippen LogP contribution in [0.15, 0.2) is 83.3 Å². The Bertz CT molecular complexity index is 1200. The molecule has 0 N–H and O–H groups in total. The number of benzene rings is 3. The molecule has 0 aliphatic heterocycles. The number of carbonyl (C=O) groups is 2. The molecule has 7 nitrogen and oxygen atoms in total. The van der Waals surface area contributed by atoms with Crippen molar-refractivity contribution in [1.82, 2.24) is 10.2 Å². The first-order valence-corrected chi connectivity index (χ1v) is 9.52. The minimum Gasteiger partial charge on any atom is -0.452 e. The van der Waals surface area contributed by atoms with Crippen LogP contribution in [0, 0.1) is 0 Å². The molecule has 0 aliphatic carbocycles. The number of nitrogens with zero attached hydrogens (tertiary/aromatic N) is 2. The van der Waals surface area contributed by atoms with E-state index in [1.165, 1.54) is 6.92 Å². The lowest BCUT2D eigenvalue weighted by Gasteiger charge is -2.07. The summed E-state index contributed by atoms with van der Waals surface area (Å²) in [5, 5.41) is 7.90. The van der Waals surface area contributed by atoms with Crippen molar-refractivity contribution in [3.8, 4) is 28.3 Å². The zero-order valence-electron chi connectivity index (χ0n) is 16.6. The van der Waals surface area contributed by atoms with Crippen LogP contribution in [0.3, 0.4) is 0 Å². The molecule has 4 rings (SSSR count). The Morgan fingerprint density at radius 2 is 1.58 bits per heavy atom. The quantitative estimate of drug-likeness (QED) is 0.334. The highest BCUT2D eigenvalue weighted by Gasteiger charge is 2.13. The first-order chi connectivity index (χ1) is 15.1. The van der Waals surface area contributed by atoms with Crippen LogP contribution in [-0.4, -0.2) is 22.1 Å². The summed E-state index contributed by atoms with van der Waals surface area (Å²) < 4.78 is 15.9. The zero-order chi connectivity index (χ0) is 21.6. The third-order valence-electron chi connectivity index (χ3n) is 4.36. The second-order valence-electron chi connectivity index (χ2n) is 6.64. The second kappa shape index (κ2) is 9.04. The molecule has 0 amide bonds. The Morgan fingerprint density at radius 3 is 2.32 bits per heavy atom. The predicted molar refractivity (Wildman–Crippen MR) is 112 cm³/mol. The van der Waals surface area contributed by atoms with E-state index in [-0.39, 0.29) is 18.5 Å². The molecule has 0 bridgehead atoms. The lowest BCUT2D eigenvalue weighted by molar-refractivity contribution is -0.131. The van der Waals surface area contributed by atoms with Gasteiger partial charge >= 0.3 is 11.9 Å². The second-order valence-corrected chi connectivity index (χ2v) is 6.64. The third kappa shape index (κ3) is 5.02. The van der Waals surface area contributed by atoms with Crippen LogP contribution >= 0.6 is 0 Å². The van der Waals surface area contributed by atoms with Crippen LogP contribution in [0.1, 0.15) is 23.2 Å². The zero-order valence-corrected chi connectivity index (χ0v) is 16.6. The molecule has 1 heterocycles. The van der Waals surface area contributed by atoms with Crippen molar-refractivity contribution >= 4 is 11.9 Å². The summed E-state index contributed by atoms with van der Waals surface area (Å²) in [5.74, 6) is 0.156. The fourth-order valence-electron chi connectivity index (χ4n) is 2.93. The van der Waals surface area contributed by atoms with Crippen molar-refractivity contribution in [3.05, 3.63) is 90.3 Å². The third-order valence-corrected chi connectivity index (χ3v) is 4.36. The van der Waals surface area contributed by atoms with Gasteiger partial charge in [-0.1, -0.05) is 42.5 Å². The van der Waals surface area contributed by atoms with Gasteiger partial charge < -0.3 is 13.9 Å². The molecule has 0 unspecified atom stereocenters. The van der Waals surface area contributed by atoms with Crippen molar-refractivity contribution in [2.45, 2.75) is 13.5 Å². The van der Waals surface area contributed by atoms with E-state index in [4.69, 9.17) is 13.9 Å². The van der Waals surface area contributed by atoms with Gasteiger partial charge in [-0.25, -0.2) is 4.79 Å². The van der Waals surface area contributed by atoms with E-state index in [9.17, 15) is 9.59 Å². The van der Waals surface area contributed by atoms with E-state index >= 15 is 0 Å². The molecule has 1 aromatic heterocycles. The molecule has 0 aliphatic rings. The molecule has 7 heteroatoms. The Hall–Kier alpha value is -4.26. The topological polar surface area (TPSA) is 91.5 Å². The van der Waals surface area contributed by atoms with E-state index in [2.05, 4.69) is 10.2 Å². The van der Waals surface area contributed by atoms with Gasteiger partial charge in [-0.2, -0.15) is 0 Å². The molecular formula is C24H18N2O5. The fourth-order valence-corrected chi connectivity index (χ4v) is 2.93. The summed E-state index contributed by atoms with van der Waals surface area (Å²) in [4.78, 5) is 23.5. The Kier molecular flexibility index (Phi) is 5.84. The summed E-state index contributed by atoms with van der Waals surface area (Å²) >= 11 is 0. The normalized spacial score (nSPS) is 10.5. The van der Waals surface area contributed by atoms with Crippen LogP contribution in [0.4, 0.5) is 0 Å². The maximum Gasteiger partial charge on any atom is 0.338 e. The Morgan fingerprint density at radius 1 is 0.839 bits per heavy atom. The van der Waals surface area contributed by atoms with Crippen LogP contribution < -0.4 is 4.74 Å². The van der Waals surface area contributed by atoms with Crippen LogP contribution in [0.2, 0.25) is 0 Å². The number of ether oxygens (including phenoxy) is 2. The van der Waals surface area contributed by atoms with Gasteiger partial charge in [0.05, 0.1) is 5.56 Å². The van der Waals surface area contributed by atoms with E-state index in [0.29, 0.717) is 17.2 Å². The number of hydrogen-bond acceptors (Lipinski definition) is 7. The average Bonchev–Trinajstić information content (AvgIpc) is 3.27. The molecule has 31 heavy (non-hydrogen) atoms. The van der Waals surface area contributed by atoms with Gasteiger partial charge in [0, 0.05) is 12.5 Å². The molecule has 0 spiro atoms. The number of esters is 2. The fraction of sp³-hybridized carbons (Fsp3) is 0.0833. The molecule has 3 aromatic carbocycles. The maximum atomic E-state index is 12.5. The standard InChI is InChI=1S/C24H18N2O5/c1-16(27)30-21-12-10-17(11-13-21)19-8-5-9-20(14-19)24(28)29-15-22-25-26-23(31-22)18-6-3-2-4-7-18/h2-14H,15H2,1H3. The average molecular weight is 414 g/mol. The van der Waals surface area contributed by atoms with E-state index in [1.54, 1.807) is 30.3 Å². The highest BCUT2D eigenvalue weighted by atomic mass is 16.5.